The van der Waals surface area contributed by atoms with Crippen LogP contribution in [0.4, 0.5) is 20.8 Å². The van der Waals surface area contributed by atoms with Crippen molar-refractivity contribution in [3.05, 3.63) is 41.8 Å². The Morgan fingerprint density at radius 1 is 1.32 bits per heavy atom. The number of nitrogens with zero attached hydrogens (tertiary/aromatic N) is 3. The van der Waals surface area contributed by atoms with Gasteiger partial charge in [0.05, 0.1) is 19.4 Å². The van der Waals surface area contributed by atoms with Crippen molar-refractivity contribution in [1.82, 2.24) is 14.9 Å². The molecule has 1 aromatic heterocycles. The molecule has 1 aliphatic rings. The summed E-state index contributed by atoms with van der Waals surface area (Å²) < 4.78 is 25.2. The molecule has 2 aromatic rings. The standard InChI is InChI=1S/C22H29FN4O4/c1-22(2,3)31-21(29)27-9-7-15(8-10-27)14-30-19-18(23)12-24-20(26-19)25-17-6-4-5-16(11-17)13-28/h4-6,11-12,15,28H,7-10,13-14H2,1-3H3,(H,24,25,26). The summed E-state index contributed by atoms with van der Waals surface area (Å²) in [4.78, 5) is 21.9. The second-order valence-corrected chi connectivity index (χ2v) is 8.55. The maximum absolute atomic E-state index is 14.1. The molecule has 0 spiro atoms. The number of likely N-dealkylation sites (tertiary alicyclic amines) is 1. The first-order valence-corrected chi connectivity index (χ1v) is 10.3. The fourth-order valence-electron chi connectivity index (χ4n) is 3.19. The second kappa shape index (κ2) is 9.91. The van der Waals surface area contributed by atoms with E-state index in [9.17, 15) is 14.3 Å². The Bertz CT molecular complexity index is 895. The highest BCUT2D eigenvalue weighted by molar-refractivity contribution is 5.68. The lowest BCUT2D eigenvalue weighted by Gasteiger charge is -2.33. The largest absolute Gasteiger partial charge is 0.475 e. The zero-order valence-corrected chi connectivity index (χ0v) is 18.1. The molecule has 0 radical (unpaired) electrons. The molecular formula is C22H29FN4O4. The summed E-state index contributed by atoms with van der Waals surface area (Å²) in [7, 11) is 0. The summed E-state index contributed by atoms with van der Waals surface area (Å²) in [5.41, 5.74) is 0.896. The molecule has 1 saturated heterocycles. The fourth-order valence-corrected chi connectivity index (χ4v) is 3.19. The molecule has 1 aromatic carbocycles. The van der Waals surface area contributed by atoms with Gasteiger partial charge in [-0.15, -0.1) is 0 Å². The number of aliphatic hydroxyl groups is 1. The SMILES string of the molecule is CC(C)(C)OC(=O)N1CCC(COc2nc(Nc3cccc(CO)c3)ncc2F)CC1. The van der Waals surface area contributed by atoms with Crippen molar-refractivity contribution < 1.29 is 23.8 Å². The maximum Gasteiger partial charge on any atom is 0.410 e. The van der Waals surface area contributed by atoms with Gasteiger partial charge in [-0.05, 0) is 57.2 Å². The van der Waals surface area contributed by atoms with E-state index >= 15 is 0 Å². The van der Waals surface area contributed by atoms with E-state index in [4.69, 9.17) is 9.47 Å². The quantitative estimate of drug-likeness (QED) is 0.715. The smallest absolute Gasteiger partial charge is 0.410 e. The first kappa shape index (κ1) is 22.7. The number of carbonyl (C=O) groups excluding carboxylic acids is 1. The summed E-state index contributed by atoms with van der Waals surface area (Å²) in [6.45, 7) is 6.89. The Morgan fingerprint density at radius 2 is 2.06 bits per heavy atom. The van der Waals surface area contributed by atoms with Crippen molar-refractivity contribution in [3.8, 4) is 5.88 Å². The van der Waals surface area contributed by atoms with Crippen molar-refractivity contribution in [3.63, 3.8) is 0 Å². The Balaban J connectivity index is 1.53. The number of aromatic nitrogens is 2. The van der Waals surface area contributed by atoms with E-state index in [0.717, 1.165) is 24.6 Å². The minimum Gasteiger partial charge on any atom is -0.475 e. The van der Waals surface area contributed by atoms with Gasteiger partial charge in [-0.3, -0.25) is 0 Å². The normalized spacial score (nSPS) is 14.9. The van der Waals surface area contributed by atoms with Crippen LogP contribution in [0.2, 0.25) is 0 Å². The molecule has 0 unspecified atom stereocenters. The number of anilines is 2. The number of amides is 1. The summed E-state index contributed by atoms with van der Waals surface area (Å²) >= 11 is 0. The van der Waals surface area contributed by atoms with Gasteiger partial charge in [-0.25, -0.2) is 9.78 Å². The summed E-state index contributed by atoms with van der Waals surface area (Å²) in [6.07, 6.45) is 2.23. The van der Waals surface area contributed by atoms with E-state index in [1.165, 1.54) is 0 Å². The third-order valence-electron chi connectivity index (χ3n) is 4.80. The minimum atomic E-state index is -0.638. The highest BCUT2D eigenvalue weighted by Gasteiger charge is 2.27. The van der Waals surface area contributed by atoms with Crippen LogP contribution in [0.3, 0.4) is 0 Å². The minimum absolute atomic E-state index is 0.0824. The first-order valence-electron chi connectivity index (χ1n) is 10.3. The van der Waals surface area contributed by atoms with Crippen molar-refractivity contribution in [1.29, 1.82) is 0 Å². The lowest BCUT2D eigenvalue weighted by atomic mass is 9.98. The third-order valence-corrected chi connectivity index (χ3v) is 4.80. The van der Waals surface area contributed by atoms with Crippen LogP contribution in [-0.4, -0.2) is 51.4 Å². The topological polar surface area (TPSA) is 96.8 Å². The van der Waals surface area contributed by atoms with E-state index in [1.807, 2.05) is 20.8 Å². The van der Waals surface area contributed by atoms with Crippen LogP contribution in [0.5, 0.6) is 5.88 Å². The van der Waals surface area contributed by atoms with Gasteiger partial charge in [-0.1, -0.05) is 12.1 Å². The second-order valence-electron chi connectivity index (χ2n) is 8.55. The van der Waals surface area contributed by atoms with Crippen molar-refractivity contribution in [2.45, 2.75) is 45.8 Å². The molecule has 0 bridgehead atoms. The molecule has 8 nitrogen and oxygen atoms in total. The predicted octanol–water partition coefficient (Wildman–Crippen LogP) is 3.88. The van der Waals surface area contributed by atoms with Gasteiger partial charge in [0.1, 0.15) is 5.60 Å². The van der Waals surface area contributed by atoms with Crippen LogP contribution in [-0.2, 0) is 11.3 Å². The van der Waals surface area contributed by atoms with Gasteiger partial charge in [0, 0.05) is 18.8 Å². The predicted molar refractivity (Wildman–Crippen MR) is 114 cm³/mol. The van der Waals surface area contributed by atoms with Crippen LogP contribution in [0, 0.1) is 11.7 Å². The average Bonchev–Trinajstić information content (AvgIpc) is 2.73. The van der Waals surface area contributed by atoms with Crippen LogP contribution in [0.25, 0.3) is 0 Å². The zero-order chi connectivity index (χ0) is 22.4. The molecule has 2 N–H and O–H groups in total. The van der Waals surface area contributed by atoms with Gasteiger partial charge in [0.25, 0.3) is 5.88 Å². The fraction of sp³-hybridized carbons (Fsp3) is 0.500. The van der Waals surface area contributed by atoms with Gasteiger partial charge >= 0.3 is 6.09 Å². The van der Waals surface area contributed by atoms with E-state index in [2.05, 4.69) is 15.3 Å². The lowest BCUT2D eigenvalue weighted by Crippen LogP contribution is -2.42. The number of carbonyl (C=O) groups is 1. The summed E-state index contributed by atoms with van der Waals surface area (Å²) in [5, 5.41) is 12.2. The van der Waals surface area contributed by atoms with Crippen LogP contribution >= 0.6 is 0 Å². The highest BCUT2D eigenvalue weighted by Crippen LogP contribution is 2.23. The molecule has 1 amide bonds. The third kappa shape index (κ3) is 6.78. The molecule has 0 atom stereocenters. The Morgan fingerprint density at radius 3 is 2.74 bits per heavy atom. The summed E-state index contributed by atoms with van der Waals surface area (Å²) in [5.74, 6) is -0.372. The van der Waals surface area contributed by atoms with Crippen LogP contribution < -0.4 is 10.1 Å². The molecule has 31 heavy (non-hydrogen) atoms. The molecule has 2 heterocycles. The Hall–Kier alpha value is -2.94. The van der Waals surface area contributed by atoms with E-state index in [-0.39, 0.29) is 30.4 Å². The monoisotopic (exact) mass is 432 g/mol. The maximum atomic E-state index is 14.1. The Kier molecular flexibility index (Phi) is 7.27. The van der Waals surface area contributed by atoms with Crippen LogP contribution in [0.1, 0.15) is 39.2 Å². The number of rotatable bonds is 6. The number of hydrogen-bond donors (Lipinski definition) is 2. The molecule has 168 valence electrons. The van der Waals surface area contributed by atoms with Gasteiger partial charge in [-0.2, -0.15) is 9.37 Å². The van der Waals surface area contributed by atoms with Crippen molar-refractivity contribution >= 4 is 17.7 Å². The number of aliphatic hydroxyl groups excluding tert-OH is 1. The number of halogens is 1. The Labute approximate surface area is 181 Å². The van der Waals surface area contributed by atoms with Gasteiger partial charge in [0.15, 0.2) is 0 Å². The van der Waals surface area contributed by atoms with Crippen molar-refractivity contribution in [2.75, 3.05) is 25.0 Å². The molecule has 0 saturated carbocycles. The number of ether oxygens (including phenoxy) is 2. The van der Waals surface area contributed by atoms with Gasteiger partial charge in [0.2, 0.25) is 11.8 Å². The average molecular weight is 432 g/mol. The lowest BCUT2D eigenvalue weighted by molar-refractivity contribution is 0.0163. The first-order chi connectivity index (χ1) is 14.7. The number of piperidine rings is 1. The molecule has 3 rings (SSSR count). The van der Waals surface area contributed by atoms with E-state index in [1.54, 1.807) is 29.2 Å². The zero-order valence-electron chi connectivity index (χ0n) is 18.1. The highest BCUT2D eigenvalue weighted by atomic mass is 19.1. The van der Waals surface area contributed by atoms with Crippen LogP contribution in [0.15, 0.2) is 30.5 Å². The number of benzene rings is 1. The molecule has 1 fully saturated rings. The van der Waals surface area contributed by atoms with E-state index < -0.39 is 11.4 Å². The van der Waals surface area contributed by atoms with Crippen molar-refractivity contribution in [2.24, 2.45) is 5.92 Å². The molecule has 9 heteroatoms. The summed E-state index contributed by atoms with van der Waals surface area (Å²) in [6, 6.07) is 7.13. The molecule has 0 aliphatic carbocycles. The number of hydrogen-bond acceptors (Lipinski definition) is 7. The number of nitrogens with one attached hydrogen (secondary N) is 1. The van der Waals surface area contributed by atoms with E-state index in [0.29, 0.717) is 25.4 Å². The molecular weight excluding hydrogens is 403 g/mol. The van der Waals surface area contributed by atoms with Gasteiger partial charge < -0.3 is 24.8 Å². The molecule has 1 aliphatic heterocycles.